The summed E-state index contributed by atoms with van der Waals surface area (Å²) in [7, 11) is 0. The summed E-state index contributed by atoms with van der Waals surface area (Å²) in [6.07, 6.45) is 4.24. The highest BCUT2D eigenvalue weighted by Crippen LogP contribution is 2.29. The van der Waals surface area contributed by atoms with Crippen molar-refractivity contribution in [2.24, 2.45) is 0 Å². The lowest BCUT2D eigenvalue weighted by Gasteiger charge is -2.14. The maximum Gasteiger partial charge on any atom is 0.278 e. The largest absolute Gasteiger partial charge is 0.350 e. The predicted octanol–water partition coefficient (Wildman–Crippen LogP) is 3.69. The van der Waals surface area contributed by atoms with Crippen LogP contribution >= 0.6 is 11.6 Å². The maximum absolute atomic E-state index is 14.8. The van der Waals surface area contributed by atoms with Crippen molar-refractivity contribution in [2.75, 3.05) is 11.9 Å². The molecule has 0 fully saturated rings. The Hall–Kier alpha value is -2.71. The molecule has 25 heavy (non-hydrogen) atoms. The van der Waals surface area contributed by atoms with Gasteiger partial charge in [-0.2, -0.15) is 0 Å². The number of hydroxylamine groups is 1. The van der Waals surface area contributed by atoms with Gasteiger partial charge in [-0.3, -0.25) is 9.63 Å². The lowest BCUT2D eigenvalue weighted by Crippen LogP contribution is -2.25. The number of amides is 1. The monoisotopic (exact) mass is 366 g/mol. The minimum Gasteiger partial charge on any atom is -0.350 e. The Morgan fingerprint density at radius 2 is 2.20 bits per heavy atom. The van der Waals surface area contributed by atoms with Crippen molar-refractivity contribution in [3.63, 3.8) is 0 Å². The molecule has 130 valence electrons. The summed E-state index contributed by atoms with van der Waals surface area (Å²) in [4.78, 5) is 21.0. The molecule has 0 aliphatic carbocycles. The van der Waals surface area contributed by atoms with Crippen molar-refractivity contribution >= 4 is 34.5 Å². The van der Waals surface area contributed by atoms with Gasteiger partial charge in [0, 0.05) is 23.6 Å². The summed E-state index contributed by atoms with van der Waals surface area (Å²) in [5.74, 6) is -2.18. The molecule has 0 bridgehead atoms. The number of carbonyl (C=O) groups is 1. The topological polar surface area (TPSA) is 67.7 Å². The van der Waals surface area contributed by atoms with Gasteiger partial charge in [-0.1, -0.05) is 11.6 Å². The second kappa shape index (κ2) is 7.04. The van der Waals surface area contributed by atoms with E-state index in [2.05, 4.69) is 15.8 Å². The number of hydrogen-bond donors (Lipinski definition) is 2. The Labute approximate surface area is 146 Å². The van der Waals surface area contributed by atoms with E-state index in [1.807, 2.05) is 0 Å². The third kappa shape index (κ3) is 3.40. The van der Waals surface area contributed by atoms with Crippen LogP contribution in [0, 0.1) is 11.6 Å². The van der Waals surface area contributed by atoms with E-state index in [0.717, 1.165) is 6.07 Å². The SMILES string of the molecule is CCONC(=O)c1cn2ccnc2c(F)c1Nc1ccc(Cl)cc1F. The average molecular weight is 367 g/mol. The minimum atomic E-state index is -0.802. The number of pyridine rings is 1. The molecule has 1 aromatic carbocycles. The Morgan fingerprint density at radius 1 is 1.40 bits per heavy atom. The van der Waals surface area contributed by atoms with Crippen LogP contribution in [0.4, 0.5) is 20.2 Å². The molecule has 6 nitrogen and oxygen atoms in total. The number of halogens is 3. The number of nitrogens with zero attached hydrogens (tertiary/aromatic N) is 2. The number of rotatable bonds is 5. The first-order valence-electron chi connectivity index (χ1n) is 7.30. The van der Waals surface area contributed by atoms with Crippen LogP contribution < -0.4 is 10.8 Å². The fraction of sp³-hybridized carbons (Fsp3) is 0.125. The molecule has 0 aliphatic rings. The van der Waals surface area contributed by atoms with Gasteiger partial charge < -0.3 is 9.72 Å². The van der Waals surface area contributed by atoms with E-state index in [1.165, 1.54) is 35.1 Å². The highest BCUT2D eigenvalue weighted by Gasteiger charge is 2.21. The number of nitrogens with one attached hydrogen (secondary N) is 2. The lowest BCUT2D eigenvalue weighted by atomic mass is 10.2. The first kappa shape index (κ1) is 17.1. The number of anilines is 2. The van der Waals surface area contributed by atoms with E-state index in [0.29, 0.717) is 0 Å². The first-order valence-corrected chi connectivity index (χ1v) is 7.68. The number of benzene rings is 1. The molecular weight excluding hydrogens is 354 g/mol. The second-order valence-electron chi connectivity index (χ2n) is 5.00. The standard InChI is InChI=1S/C16H13ClF2N4O2/c1-2-25-22-16(24)10-8-23-6-5-20-15(23)13(19)14(10)21-12-4-3-9(17)7-11(12)18/h3-8,21H,2H2,1H3,(H,22,24). The number of carbonyl (C=O) groups excluding carboxylic acids is 1. The van der Waals surface area contributed by atoms with Crippen LogP contribution in [0.2, 0.25) is 5.02 Å². The number of fused-ring (bicyclic) bond motifs is 1. The van der Waals surface area contributed by atoms with E-state index in [9.17, 15) is 13.6 Å². The maximum atomic E-state index is 14.8. The van der Waals surface area contributed by atoms with Crippen molar-refractivity contribution in [1.29, 1.82) is 0 Å². The van der Waals surface area contributed by atoms with Gasteiger partial charge in [0.05, 0.1) is 23.5 Å². The lowest BCUT2D eigenvalue weighted by molar-refractivity contribution is 0.0364. The summed E-state index contributed by atoms with van der Waals surface area (Å²) in [6.45, 7) is 1.91. The van der Waals surface area contributed by atoms with Gasteiger partial charge in [0.1, 0.15) is 5.82 Å². The van der Waals surface area contributed by atoms with Crippen LogP contribution in [0.5, 0.6) is 0 Å². The smallest absolute Gasteiger partial charge is 0.278 e. The van der Waals surface area contributed by atoms with Gasteiger partial charge in [0.15, 0.2) is 11.5 Å². The van der Waals surface area contributed by atoms with E-state index < -0.39 is 17.5 Å². The van der Waals surface area contributed by atoms with E-state index >= 15 is 0 Å². The molecule has 2 heterocycles. The Morgan fingerprint density at radius 3 is 2.92 bits per heavy atom. The van der Waals surface area contributed by atoms with Crippen LogP contribution in [0.1, 0.15) is 17.3 Å². The molecule has 1 amide bonds. The van der Waals surface area contributed by atoms with E-state index in [-0.39, 0.29) is 34.2 Å². The number of hydrogen-bond acceptors (Lipinski definition) is 4. The summed E-state index contributed by atoms with van der Waals surface area (Å²) in [5, 5.41) is 2.79. The zero-order valence-corrected chi connectivity index (χ0v) is 13.8. The van der Waals surface area contributed by atoms with Crippen molar-refractivity contribution in [3.05, 3.63) is 59.0 Å². The summed E-state index contributed by atoms with van der Waals surface area (Å²) < 4.78 is 30.2. The van der Waals surface area contributed by atoms with Crippen LogP contribution in [0.15, 0.2) is 36.8 Å². The molecule has 0 atom stereocenters. The summed E-state index contributed by atoms with van der Waals surface area (Å²) >= 11 is 5.72. The Bertz CT molecular complexity index is 945. The van der Waals surface area contributed by atoms with Gasteiger partial charge in [-0.05, 0) is 25.1 Å². The molecule has 0 saturated carbocycles. The van der Waals surface area contributed by atoms with Crippen LogP contribution in [0.3, 0.4) is 0 Å². The molecule has 3 aromatic rings. The Kier molecular flexibility index (Phi) is 4.82. The highest BCUT2D eigenvalue weighted by atomic mass is 35.5. The number of imidazole rings is 1. The zero-order valence-electron chi connectivity index (χ0n) is 13.0. The first-order chi connectivity index (χ1) is 12.0. The van der Waals surface area contributed by atoms with Gasteiger partial charge in [-0.15, -0.1) is 0 Å². The van der Waals surface area contributed by atoms with Crippen LogP contribution in [0.25, 0.3) is 5.65 Å². The quantitative estimate of drug-likeness (QED) is 0.676. The molecule has 9 heteroatoms. The van der Waals surface area contributed by atoms with E-state index in [1.54, 1.807) is 6.92 Å². The molecule has 0 radical (unpaired) electrons. The predicted molar refractivity (Wildman–Crippen MR) is 88.9 cm³/mol. The molecule has 3 rings (SSSR count). The normalized spacial score (nSPS) is 10.9. The van der Waals surface area contributed by atoms with Gasteiger partial charge in [0.25, 0.3) is 5.91 Å². The molecule has 0 spiro atoms. The average Bonchev–Trinajstić information content (AvgIpc) is 3.05. The van der Waals surface area contributed by atoms with Crippen LogP contribution in [-0.4, -0.2) is 21.9 Å². The molecule has 2 N–H and O–H groups in total. The van der Waals surface area contributed by atoms with Crippen molar-refractivity contribution in [1.82, 2.24) is 14.9 Å². The van der Waals surface area contributed by atoms with Crippen molar-refractivity contribution in [2.45, 2.75) is 6.92 Å². The molecule has 0 aliphatic heterocycles. The summed E-state index contributed by atoms with van der Waals surface area (Å²) in [6, 6.07) is 3.87. The van der Waals surface area contributed by atoms with Gasteiger partial charge >= 0.3 is 0 Å². The van der Waals surface area contributed by atoms with Crippen molar-refractivity contribution in [3.8, 4) is 0 Å². The number of aromatic nitrogens is 2. The van der Waals surface area contributed by atoms with Crippen molar-refractivity contribution < 1.29 is 18.4 Å². The molecular formula is C16H13ClF2N4O2. The third-order valence-corrected chi connectivity index (χ3v) is 3.60. The molecule has 0 unspecified atom stereocenters. The fourth-order valence-electron chi connectivity index (χ4n) is 2.23. The van der Waals surface area contributed by atoms with Crippen LogP contribution in [-0.2, 0) is 4.84 Å². The second-order valence-corrected chi connectivity index (χ2v) is 5.44. The fourth-order valence-corrected chi connectivity index (χ4v) is 2.39. The molecule has 2 aromatic heterocycles. The summed E-state index contributed by atoms with van der Waals surface area (Å²) in [5.41, 5.74) is 1.84. The highest BCUT2D eigenvalue weighted by molar-refractivity contribution is 6.30. The zero-order chi connectivity index (χ0) is 18.0. The molecule has 0 saturated heterocycles. The third-order valence-electron chi connectivity index (χ3n) is 3.37. The Balaban J connectivity index is 2.10. The van der Waals surface area contributed by atoms with Gasteiger partial charge in [-0.25, -0.2) is 19.2 Å². The van der Waals surface area contributed by atoms with Gasteiger partial charge in [0.2, 0.25) is 0 Å². The van der Waals surface area contributed by atoms with E-state index in [4.69, 9.17) is 16.4 Å². The minimum absolute atomic E-state index is 0.00942.